The summed E-state index contributed by atoms with van der Waals surface area (Å²) in [5.41, 5.74) is 1.53. The van der Waals surface area contributed by atoms with Crippen LogP contribution in [0.5, 0.6) is 0 Å². The lowest BCUT2D eigenvalue weighted by Gasteiger charge is -2.17. The molecule has 5 heteroatoms. The first-order valence-electron chi connectivity index (χ1n) is 6.48. The fourth-order valence-corrected chi connectivity index (χ4v) is 1.92. The topological polar surface area (TPSA) is 63.8 Å². The molecule has 0 bridgehead atoms. The minimum atomic E-state index is -0.344. The van der Waals surface area contributed by atoms with Gasteiger partial charge in [-0.3, -0.25) is 4.98 Å². The molecule has 2 heterocycles. The molecule has 102 valence electrons. The Morgan fingerprint density at radius 1 is 1.20 bits per heavy atom. The van der Waals surface area contributed by atoms with E-state index in [9.17, 15) is 0 Å². The summed E-state index contributed by atoms with van der Waals surface area (Å²) in [7, 11) is 1.87. The van der Waals surface area contributed by atoms with E-state index in [1.54, 1.807) is 6.20 Å². The molecule has 0 radical (unpaired) electrons. The first-order chi connectivity index (χ1) is 9.60. The second-order valence-electron chi connectivity index (χ2n) is 5.21. The predicted molar refractivity (Wildman–Crippen MR) is 77.1 cm³/mol. The third kappa shape index (κ3) is 2.16. The van der Waals surface area contributed by atoms with Gasteiger partial charge in [0.1, 0.15) is 0 Å². The minimum Gasteiger partial charge on any atom is -0.337 e. The first kappa shape index (κ1) is 12.7. The molecule has 0 fully saturated rings. The van der Waals surface area contributed by atoms with Gasteiger partial charge in [0.15, 0.2) is 0 Å². The van der Waals surface area contributed by atoms with Gasteiger partial charge in [0.2, 0.25) is 11.7 Å². The van der Waals surface area contributed by atoms with Crippen molar-refractivity contribution in [3.05, 3.63) is 42.4 Å². The number of aromatic nitrogens is 3. The Bertz CT molecular complexity index is 748. The van der Waals surface area contributed by atoms with Crippen molar-refractivity contribution < 1.29 is 4.52 Å². The normalized spacial score (nSPS) is 11.9. The molecule has 2 aromatic heterocycles. The van der Waals surface area contributed by atoms with E-state index in [-0.39, 0.29) is 5.54 Å². The molecule has 0 aliphatic carbocycles. The van der Waals surface area contributed by atoms with Crippen LogP contribution in [0.25, 0.3) is 22.3 Å². The van der Waals surface area contributed by atoms with Gasteiger partial charge in [0.25, 0.3) is 0 Å². The van der Waals surface area contributed by atoms with Crippen LogP contribution in [-0.2, 0) is 5.54 Å². The van der Waals surface area contributed by atoms with E-state index in [0.717, 1.165) is 16.5 Å². The molecule has 3 rings (SSSR count). The van der Waals surface area contributed by atoms with Crippen molar-refractivity contribution in [2.24, 2.45) is 0 Å². The van der Waals surface area contributed by atoms with Crippen molar-refractivity contribution in [1.82, 2.24) is 20.4 Å². The zero-order valence-electron chi connectivity index (χ0n) is 11.7. The van der Waals surface area contributed by atoms with E-state index in [1.165, 1.54) is 0 Å². The Hall–Kier alpha value is -2.27. The summed E-state index contributed by atoms with van der Waals surface area (Å²) in [5.74, 6) is 1.16. The quantitative estimate of drug-likeness (QED) is 0.791. The van der Waals surface area contributed by atoms with Gasteiger partial charge in [-0.2, -0.15) is 4.98 Å². The van der Waals surface area contributed by atoms with Gasteiger partial charge in [-0.25, -0.2) is 0 Å². The van der Waals surface area contributed by atoms with E-state index in [4.69, 9.17) is 4.52 Å². The highest BCUT2D eigenvalue weighted by Gasteiger charge is 2.25. The molecule has 1 aromatic carbocycles. The van der Waals surface area contributed by atoms with Crippen LogP contribution in [0.15, 0.2) is 41.1 Å². The van der Waals surface area contributed by atoms with Crippen LogP contribution in [0.2, 0.25) is 0 Å². The van der Waals surface area contributed by atoms with Crippen LogP contribution in [0.4, 0.5) is 0 Å². The van der Waals surface area contributed by atoms with Gasteiger partial charge in [-0.1, -0.05) is 11.2 Å². The lowest BCUT2D eigenvalue weighted by atomic mass is 10.1. The first-order valence-corrected chi connectivity index (χ1v) is 6.48. The zero-order valence-corrected chi connectivity index (χ0v) is 11.7. The number of fused-ring (bicyclic) bond motifs is 1. The standard InChI is InChI=1S/C15H16N4O/c1-15(2,16-3)14-18-13(19-20-14)11-6-7-12-10(9-11)5-4-8-17-12/h4-9,16H,1-3H3. The number of nitrogens with one attached hydrogen (secondary N) is 1. The molecule has 1 N–H and O–H groups in total. The van der Waals surface area contributed by atoms with Crippen molar-refractivity contribution >= 4 is 10.9 Å². The highest BCUT2D eigenvalue weighted by Crippen LogP contribution is 2.24. The molecule has 0 aliphatic heterocycles. The molecular formula is C15H16N4O. The average Bonchev–Trinajstić information content (AvgIpc) is 2.97. The number of hydrogen-bond donors (Lipinski definition) is 1. The van der Waals surface area contributed by atoms with Crippen molar-refractivity contribution in [3.8, 4) is 11.4 Å². The highest BCUT2D eigenvalue weighted by atomic mass is 16.5. The van der Waals surface area contributed by atoms with Crippen LogP contribution < -0.4 is 5.32 Å². The minimum absolute atomic E-state index is 0.344. The van der Waals surface area contributed by atoms with Gasteiger partial charge >= 0.3 is 0 Å². The van der Waals surface area contributed by atoms with Crippen LogP contribution in [-0.4, -0.2) is 22.2 Å². The van der Waals surface area contributed by atoms with Gasteiger partial charge in [-0.05, 0) is 45.2 Å². The highest BCUT2D eigenvalue weighted by molar-refractivity contribution is 5.82. The van der Waals surface area contributed by atoms with Gasteiger partial charge in [0, 0.05) is 17.1 Å². The lowest BCUT2D eigenvalue weighted by Crippen LogP contribution is -2.33. The Morgan fingerprint density at radius 2 is 2.05 bits per heavy atom. The van der Waals surface area contributed by atoms with Crippen LogP contribution in [0.3, 0.4) is 0 Å². The number of rotatable bonds is 3. The molecule has 0 spiro atoms. The van der Waals surface area contributed by atoms with Crippen molar-refractivity contribution in [2.45, 2.75) is 19.4 Å². The molecule has 20 heavy (non-hydrogen) atoms. The summed E-state index contributed by atoms with van der Waals surface area (Å²) in [5, 5.41) is 8.27. The Labute approximate surface area is 117 Å². The van der Waals surface area contributed by atoms with Crippen LogP contribution in [0, 0.1) is 0 Å². The van der Waals surface area contributed by atoms with E-state index in [1.807, 2.05) is 51.2 Å². The second-order valence-corrected chi connectivity index (χ2v) is 5.21. The van der Waals surface area contributed by atoms with Crippen molar-refractivity contribution in [2.75, 3.05) is 7.05 Å². The molecule has 0 aliphatic rings. The second kappa shape index (κ2) is 4.68. The van der Waals surface area contributed by atoms with Gasteiger partial charge in [-0.15, -0.1) is 0 Å². The predicted octanol–water partition coefficient (Wildman–Crippen LogP) is 2.74. The third-order valence-corrected chi connectivity index (χ3v) is 3.45. The van der Waals surface area contributed by atoms with Crippen LogP contribution >= 0.6 is 0 Å². The maximum atomic E-state index is 5.35. The number of nitrogens with zero attached hydrogens (tertiary/aromatic N) is 3. The summed E-state index contributed by atoms with van der Waals surface area (Å²) < 4.78 is 5.35. The monoisotopic (exact) mass is 268 g/mol. The Kier molecular flexibility index (Phi) is 2.99. The lowest BCUT2D eigenvalue weighted by molar-refractivity contribution is 0.281. The van der Waals surface area contributed by atoms with E-state index in [2.05, 4.69) is 20.4 Å². The number of hydrogen-bond acceptors (Lipinski definition) is 5. The van der Waals surface area contributed by atoms with Gasteiger partial charge in [0.05, 0.1) is 11.1 Å². The third-order valence-electron chi connectivity index (χ3n) is 3.45. The van der Waals surface area contributed by atoms with Crippen molar-refractivity contribution in [1.29, 1.82) is 0 Å². The Morgan fingerprint density at radius 3 is 2.85 bits per heavy atom. The van der Waals surface area contributed by atoms with E-state index >= 15 is 0 Å². The number of pyridine rings is 1. The molecule has 0 atom stereocenters. The molecule has 3 aromatic rings. The largest absolute Gasteiger partial charge is 0.337 e. The summed E-state index contributed by atoms with van der Waals surface area (Å²) in [6.45, 7) is 3.99. The zero-order chi connectivity index (χ0) is 14.2. The molecule has 5 nitrogen and oxygen atoms in total. The van der Waals surface area contributed by atoms with Crippen molar-refractivity contribution in [3.63, 3.8) is 0 Å². The molecule has 0 saturated heterocycles. The van der Waals surface area contributed by atoms with Gasteiger partial charge < -0.3 is 9.84 Å². The maximum absolute atomic E-state index is 5.35. The number of benzene rings is 1. The average molecular weight is 268 g/mol. The Balaban J connectivity index is 2.03. The molecule has 0 saturated carbocycles. The fraction of sp³-hybridized carbons (Fsp3) is 0.267. The molecular weight excluding hydrogens is 252 g/mol. The summed E-state index contributed by atoms with van der Waals surface area (Å²) in [6.07, 6.45) is 1.78. The van der Waals surface area contributed by atoms with E-state index in [0.29, 0.717) is 11.7 Å². The maximum Gasteiger partial charge on any atom is 0.246 e. The SMILES string of the molecule is CNC(C)(C)c1nc(-c2ccc3ncccc3c2)no1. The van der Waals surface area contributed by atoms with E-state index < -0.39 is 0 Å². The summed E-state index contributed by atoms with van der Waals surface area (Å²) in [4.78, 5) is 8.77. The molecule has 0 unspecified atom stereocenters. The molecule has 0 amide bonds. The summed E-state index contributed by atoms with van der Waals surface area (Å²) in [6, 6.07) is 9.87. The smallest absolute Gasteiger partial charge is 0.246 e. The fourth-order valence-electron chi connectivity index (χ4n) is 1.92. The van der Waals surface area contributed by atoms with Crippen LogP contribution in [0.1, 0.15) is 19.7 Å². The summed E-state index contributed by atoms with van der Waals surface area (Å²) >= 11 is 0.